The van der Waals surface area contributed by atoms with Crippen LogP contribution >= 0.6 is 0 Å². The number of piperidine rings is 2. The van der Waals surface area contributed by atoms with Crippen LogP contribution in [0.4, 0.5) is 0 Å². The molecular formula is C16H26N2O3. The van der Waals surface area contributed by atoms with Gasteiger partial charge in [0.05, 0.1) is 12.0 Å². The van der Waals surface area contributed by atoms with Crippen molar-refractivity contribution in [3.8, 4) is 0 Å². The van der Waals surface area contributed by atoms with Crippen LogP contribution in [0.2, 0.25) is 0 Å². The Morgan fingerprint density at radius 1 is 0.952 bits per heavy atom. The number of likely N-dealkylation sites (tertiary alicyclic amines) is 1. The zero-order valence-electron chi connectivity index (χ0n) is 12.6. The Morgan fingerprint density at radius 2 is 1.67 bits per heavy atom. The van der Waals surface area contributed by atoms with Gasteiger partial charge in [0.2, 0.25) is 5.91 Å². The summed E-state index contributed by atoms with van der Waals surface area (Å²) in [4.78, 5) is 25.5. The second-order valence-electron chi connectivity index (χ2n) is 6.89. The van der Waals surface area contributed by atoms with Gasteiger partial charge in [0.1, 0.15) is 0 Å². The van der Waals surface area contributed by atoms with Crippen molar-refractivity contribution in [3.63, 3.8) is 0 Å². The van der Waals surface area contributed by atoms with E-state index in [1.807, 2.05) is 4.90 Å². The number of hydrogen-bond acceptors (Lipinski definition) is 3. The van der Waals surface area contributed by atoms with Crippen LogP contribution in [0.5, 0.6) is 0 Å². The second kappa shape index (κ2) is 6.34. The first-order chi connectivity index (χ1) is 10.1. The van der Waals surface area contributed by atoms with Crippen LogP contribution in [-0.2, 0) is 9.59 Å². The highest BCUT2D eigenvalue weighted by Crippen LogP contribution is 2.32. The van der Waals surface area contributed by atoms with E-state index in [1.54, 1.807) is 0 Å². The van der Waals surface area contributed by atoms with E-state index in [0.29, 0.717) is 32.0 Å². The Balaban J connectivity index is 1.53. The molecule has 2 N–H and O–H groups in total. The number of fused-ring (bicyclic) bond motifs is 1. The number of hydrogen-bond donors (Lipinski definition) is 2. The Morgan fingerprint density at radius 3 is 2.38 bits per heavy atom. The van der Waals surface area contributed by atoms with Crippen LogP contribution in [0.25, 0.3) is 0 Å². The summed E-state index contributed by atoms with van der Waals surface area (Å²) < 4.78 is 0. The normalized spacial score (nSPS) is 34.3. The summed E-state index contributed by atoms with van der Waals surface area (Å²) in [5.74, 6) is -0.0255. The standard InChI is InChI=1S/C16H26N2O3/c19-15(18-9-7-12(8-10-18)16(20)21)14-6-5-11-3-1-2-4-13(11)17-14/h11-14,17H,1-10H2,(H,20,21). The van der Waals surface area contributed by atoms with Crippen molar-refractivity contribution < 1.29 is 14.7 Å². The van der Waals surface area contributed by atoms with Gasteiger partial charge in [-0.05, 0) is 44.4 Å². The third-order valence-corrected chi connectivity index (χ3v) is 5.60. The summed E-state index contributed by atoms with van der Waals surface area (Å²) in [5.41, 5.74) is 0. The number of carboxylic acids is 1. The summed E-state index contributed by atoms with van der Waals surface area (Å²) in [5, 5.41) is 12.6. The van der Waals surface area contributed by atoms with Crippen molar-refractivity contribution >= 4 is 11.9 Å². The molecule has 1 aliphatic carbocycles. The highest BCUT2D eigenvalue weighted by atomic mass is 16.4. The van der Waals surface area contributed by atoms with E-state index in [-0.39, 0.29) is 17.9 Å². The molecule has 1 saturated carbocycles. The predicted molar refractivity (Wildman–Crippen MR) is 78.8 cm³/mol. The molecule has 3 aliphatic rings. The highest BCUT2D eigenvalue weighted by molar-refractivity contribution is 5.82. The van der Waals surface area contributed by atoms with Gasteiger partial charge in [-0.1, -0.05) is 12.8 Å². The van der Waals surface area contributed by atoms with E-state index in [1.165, 1.54) is 32.1 Å². The molecule has 0 spiro atoms. The van der Waals surface area contributed by atoms with Gasteiger partial charge in [-0.2, -0.15) is 0 Å². The van der Waals surface area contributed by atoms with Crippen LogP contribution in [0, 0.1) is 11.8 Å². The molecule has 5 heteroatoms. The largest absolute Gasteiger partial charge is 0.481 e. The van der Waals surface area contributed by atoms with Crippen molar-refractivity contribution in [1.29, 1.82) is 0 Å². The molecule has 3 rings (SSSR count). The molecule has 0 radical (unpaired) electrons. The number of amides is 1. The number of carbonyl (C=O) groups is 2. The number of carboxylic acid groups (broad SMARTS) is 1. The molecule has 0 bridgehead atoms. The molecule has 0 aromatic carbocycles. The third-order valence-electron chi connectivity index (χ3n) is 5.60. The molecule has 2 aliphatic heterocycles. The van der Waals surface area contributed by atoms with E-state index in [2.05, 4.69) is 5.32 Å². The van der Waals surface area contributed by atoms with Crippen molar-refractivity contribution in [2.45, 2.75) is 63.5 Å². The molecule has 1 amide bonds. The highest BCUT2D eigenvalue weighted by Gasteiger charge is 2.37. The molecule has 2 saturated heterocycles. The lowest BCUT2D eigenvalue weighted by Crippen LogP contribution is -2.56. The fourth-order valence-electron chi connectivity index (χ4n) is 4.26. The minimum Gasteiger partial charge on any atom is -0.481 e. The summed E-state index contributed by atoms with van der Waals surface area (Å²) >= 11 is 0. The van der Waals surface area contributed by atoms with Gasteiger partial charge in [-0.25, -0.2) is 0 Å². The van der Waals surface area contributed by atoms with E-state index in [0.717, 1.165) is 12.3 Å². The summed E-state index contributed by atoms with van der Waals surface area (Å²) in [6, 6.07) is 0.490. The van der Waals surface area contributed by atoms with Crippen molar-refractivity contribution in [2.75, 3.05) is 13.1 Å². The zero-order chi connectivity index (χ0) is 14.8. The molecular weight excluding hydrogens is 268 g/mol. The Kier molecular flexibility index (Phi) is 4.48. The topological polar surface area (TPSA) is 69.6 Å². The number of aliphatic carboxylic acids is 1. The fraction of sp³-hybridized carbons (Fsp3) is 0.875. The summed E-state index contributed by atoms with van der Waals surface area (Å²) in [6.07, 6.45) is 8.43. The average Bonchev–Trinajstić information content (AvgIpc) is 2.54. The molecule has 21 heavy (non-hydrogen) atoms. The van der Waals surface area contributed by atoms with E-state index < -0.39 is 5.97 Å². The minimum absolute atomic E-state index is 0.0364. The smallest absolute Gasteiger partial charge is 0.306 e. The van der Waals surface area contributed by atoms with Crippen molar-refractivity contribution in [1.82, 2.24) is 10.2 Å². The van der Waals surface area contributed by atoms with Crippen molar-refractivity contribution in [2.24, 2.45) is 11.8 Å². The van der Waals surface area contributed by atoms with Crippen LogP contribution in [0.15, 0.2) is 0 Å². The van der Waals surface area contributed by atoms with Gasteiger partial charge in [-0.3, -0.25) is 9.59 Å². The third kappa shape index (κ3) is 3.23. The Hall–Kier alpha value is -1.10. The average molecular weight is 294 g/mol. The SMILES string of the molecule is O=C(O)C1CCN(C(=O)C2CCC3CCCCC3N2)CC1. The lowest BCUT2D eigenvalue weighted by atomic mass is 9.77. The maximum Gasteiger partial charge on any atom is 0.306 e. The second-order valence-corrected chi connectivity index (χ2v) is 6.89. The van der Waals surface area contributed by atoms with Crippen molar-refractivity contribution in [3.05, 3.63) is 0 Å². The van der Waals surface area contributed by atoms with E-state index >= 15 is 0 Å². The zero-order valence-corrected chi connectivity index (χ0v) is 12.6. The molecule has 0 aromatic heterocycles. The van der Waals surface area contributed by atoms with Crippen LogP contribution in [-0.4, -0.2) is 47.1 Å². The molecule has 3 fully saturated rings. The van der Waals surface area contributed by atoms with E-state index in [4.69, 9.17) is 5.11 Å². The quantitative estimate of drug-likeness (QED) is 0.812. The maximum absolute atomic E-state index is 12.6. The minimum atomic E-state index is -0.720. The van der Waals surface area contributed by atoms with Crippen LogP contribution in [0.3, 0.4) is 0 Å². The van der Waals surface area contributed by atoms with Gasteiger partial charge >= 0.3 is 5.97 Å². The molecule has 0 aromatic rings. The number of nitrogens with one attached hydrogen (secondary N) is 1. The van der Waals surface area contributed by atoms with Gasteiger partial charge in [-0.15, -0.1) is 0 Å². The number of nitrogens with zero attached hydrogens (tertiary/aromatic N) is 1. The molecule has 3 unspecified atom stereocenters. The molecule has 3 atom stereocenters. The summed E-state index contributed by atoms with van der Waals surface area (Å²) in [7, 11) is 0. The van der Waals surface area contributed by atoms with Gasteiger partial charge in [0.15, 0.2) is 0 Å². The van der Waals surface area contributed by atoms with Crippen LogP contribution < -0.4 is 5.32 Å². The van der Waals surface area contributed by atoms with Gasteiger partial charge in [0.25, 0.3) is 0 Å². The first-order valence-corrected chi connectivity index (χ1v) is 8.43. The Labute approximate surface area is 126 Å². The number of carbonyl (C=O) groups excluding carboxylic acids is 1. The van der Waals surface area contributed by atoms with E-state index in [9.17, 15) is 9.59 Å². The first-order valence-electron chi connectivity index (χ1n) is 8.43. The molecule has 5 nitrogen and oxygen atoms in total. The predicted octanol–water partition coefficient (Wildman–Crippen LogP) is 1.62. The fourth-order valence-corrected chi connectivity index (χ4v) is 4.26. The van der Waals surface area contributed by atoms with Gasteiger partial charge < -0.3 is 15.3 Å². The Bertz CT molecular complexity index is 404. The lowest BCUT2D eigenvalue weighted by Gasteiger charge is -2.42. The van der Waals surface area contributed by atoms with Crippen LogP contribution in [0.1, 0.15) is 51.4 Å². The number of rotatable bonds is 2. The summed E-state index contributed by atoms with van der Waals surface area (Å²) in [6.45, 7) is 1.20. The van der Waals surface area contributed by atoms with Gasteiger partial charge in [0, 0.05) is 19.1 Å². The maximum atomic E-state index is 12.6. The molecule has 118 valence electrons. The molecule has 2 heterocycles. The first kappa shape index (κ1) is 14.8. The monoisotopic (exact) mass is 294 g/mol. The lowest BCUT2D eigenvalue weighted by molar-refractivity contribution is -0.146.